The van der Waals surface area contributed by atoms with Gasteiger partial charge in [0.2, 0.25) is 0 Å². The molecule has 0 spiro atoms. The number of aromatic hydroxyl groups is 1. The Hall–Kier alpha value is -1.65. The van der Waals surface area contributed by atoms with E-state index in [9.17, 15) is 15.3 Å². The molecule has 2 saturated heterocycles. The molecule has 2 aliphatic heterocycles. The van der Waals surface area contributed by atoms with Gasteiger partial charge >= 0.3 is 0 Å². The molecule has 5 rings (SSSR count). The van der Waals surface area contributed by atoms with Crippen molar-refractivity contribution >= 4 is 32.9 Å². The molecule has 5 nitrogen and oxygen atoms in total. The minimum atomic E-state index is -0.220. The van der Waals surface area contributed by atoms with Crippen LogP contribution in [0.4, 0.5) is 0 Å². The normalized spacial score (nSPS) is 18.8. The molecule has 2 fully saturated rings. The van der Waals surface area contributed by atoms with E-state index in [0.29, 0.717) is 18.8 Å². The van der Waals surface area contributed by atoms with Crippen LogP contribution in [0, 0.1) is 3.82 Å². The Labute approximate surface area is 219 Å². The van der Waals surface area contributed by atoms with E-state index in [4.69, 9.17) is 12.2 Å². The van der Waals surface area contributed by atoms with Gasteiger partial charge in [-0.2, -0.15) is 0 Å². The smallest absolute Gasteiger partial charge is 0.124 e. The Kier molecular flexibility index (Phi) is 7.99. The predicted molar refractivity (Wildman–Crippen MR) is 147 cm³/mol. The molecule has 186 valence electrons. The largest absolute Gasteiger partial charge is 0.507 e. The van der Waals surface area contributed by atoms with E-state index in [2.05, 4.69) is 34.1 Å². The lowest BCUT2D eigenvalue weighted by molar-refractivity contribution is 0.0779. The molecule has 0 radical (unpaired) electrons. The zero-order valence-electron chi connectivity index (χ0n) is 19.7. The van der Waals surface area contributed by atoms with Crippen LogP contribution >= 0.6 is 32.9 Å². The Morgan fingerprint density at radius 3 is 1.80 bits per heavy atom. The summed E-state index contributed by atoms with van der Waals surface area (Å²) >= 11 is 5.75. The predicted octanol–water partition coefficient (Wildman–Crippen LogP) is 5.49. The van der Waals surface area contributed by atoms with Crippen molar-refractivity contribution < 1.29 is 15.3 Å². The van der Waals surface area contributed by atoms with E-state index in [0.717, 1.165) is 88.4 Å². The van der Waals surface area contributed by atoms with E-state index in [1.165, 1.54) is 0 Å². The molecule has 2 aromatic carbocycles. The number of benzene rings is 2. The molecular formula is C27H32N2O3S3. The lowest BCUT2D eigenvalue weighted by Gasteiger charge is -2.31. The first kappa shape index (κ1) is 25.0. The second-order valence-electron chi connectivity index (χ2n) is 9.68. The first-order chi connectivity index (χ1) is 17.0. The minimum absolute atomic E-state index is 0.220. The van der Waals surface area contributed by atoms with Gasteiger partial charge in [0.05, 0.1) is 17.1 Å². The van der Waals surface area contributed by atoms with Gasteiger partial charge in [-0.1, -0.05) is 63.2 Å². The average molecular weight is 529 g/mol. The zero-order valence-corrected chi connectivity index (χ0v) is 22.2. The SMILES string of the molecule is Oc1c(CN2CCC(O)CC2)cc(-c2ssc(=S)c2-c2ccccc2)cc1CN1CCC(O)CC1. The van der Waals surface area contributed by atoms with Crippen molar-refractivity contribution in [2.45, 2.75) is 51.0 Å². The van der Waals surface area contributed by atoms with Crippen molar-refractivity contribution in [3.8, 4) is 27.3 Å². The van der Waals surface area contributed by atoms with Gasteiger partial charge in [-0.05, 0) is 48.9 Å². The molecule has 0 saturated carbocycles. The maximum Gasteiger partial charge on any atom is 0.124 e. The maximum atomic E-state index is 11.4. The van der Waals surface area contributed by atoms with Crippen molar-refractivity contribution in [1.29, 1.82) is 0 Å². The molecule has 0 unspecified atom stereocenters. The fourth-order valence-electron chi connectivity index (χ4n) is 5.07. The zero-order chi connectivity index (χ0) is 24.4. The van der Waals surface area contributed by atoms with Crippen LogP contribution in [0.25, 0.3) is 21.6 Å². The van der Waals surface area contributed by atoms with Crippen LogP contribution in [0.2, 0.25) is 0 Å². The van der Waals surface area contributed by atoms with Crippen molar-refractivity contribution in [2.75, 3.05) is 26.2 Å². The Balaban J connectivity index is 1.53. The molecule has 0 aliphatic carbocycles. The molecule has 3 heterocycles. The fourth-order valence-corrected chi connectivity index (χ4v) is 7.97. The van der Waals surface area contributed by atoms with E-state index < -0.39 is 0 Å². The summed E-state index contributed by atoms with van der Waals surface area (Å²) in [5.41, 5.74) is 5.17. The van der Waals surface area contributed by atoms with E-state index in [1.807, 2.05) is 18.2 Å². The van der Waals surface area contributed by atoms with Crippen LogP contribution in [0.15, 0.2) is 42.5 Å². The summed E-state index contributed by atoms with van der Waals surface area (Å²) in [7, 11) is 3.33. The van der Waals surface area contributed by atoms with Crippen molar-refractivity contribution in [1.82, 2.24) is 9.80 Å². The van der Waals surface area contributed by atoms with Crippen LogP contribution in [-0.4, -0.2) is 63.5 Å². The summed E-state index contributed by atoms with van der Waals surface area (Å²) in [6.07, 6.45) is 2.65. The average Bonchev–Trinajstić information content (AvgIpc) is 3.26. The third kappa shape index (κ3) is 5.85. The summed E-state index contributed by atoms with van der Waals surface area (Å²) < 4.78 is 0.891. The summed E-state index contributed by atoms with van der Waals surface area (Å²) in [4.78, 5) is 5.79. The van der Waals surface area contributed by atoms with Gasteiger partial charge in [-0.25, -0.2) is 0 Å². The number of aliphatic hydroxyl groups is 2. The van der Waals surface area contributed by atoms with E-state index in [-0.39, 0.29) is 12.2 Å². The number of rotatable bonds is 6. The fraction of sp³-hybridized carbons (Fsp3) is 0.444. The standard InChI is InChI=1S/C27H32N2O3S3/c30-22-6-10-28(11-7-22)16-20-14-19(15-21(25(20)32)17-29-12-8-23(31)9-13-29)26-24(27(33)35-34-26)18-4-2-1-3-5-18/h1-5,14-15,22-23,30-32H,6-13,16-17H2. The summed E-state index contributed by atoms with van der Waals surface area (Å²) in [6, 6.07) is 14.6. The highest BCUT2D eigenvalue weighted by molar-refractivity contribution is 7.80. The first-order valence-corrected chi connectivity index (χ1v) is 14.9. The summed E-state index contributed by atoms with van der Waals surface area (Å²) in [6.45, 7) is 4.64. The minimum Gasteiger partial charge on any atom is -0.507 e. The number of piperidine rings is 2. The number of phenols is 1. The van der Waals surface area contributed by atoms with Gasteiger partial charge in [-0.3, -0.25) is 9.80 Å². The number of likely N-dealkylation sites (tertiary alicyclic amines) is 2. The molecule has 0 bridgehead atoms. The van der Waals surface area contributed by atoms with Gasteiger partial charge in [0.15, 0.2) is 0 Å². The van der Waals surface area contributed by atoms with Crippen LogP contribution < -0.4 is 0 Å². The van der Waals surface area contributed by atoms with Gasteiger partial charge in [-0.15, -0.1) is 0 Å². The second kappa shape index (κ2) is 11.2. The van der Waals surface area contributed by atoms with Gasteiger partial charge < -0.3 is 15.3 Å². The van der Waals surface area contributed by atoms with E-state index in [1.54, 1.807) is 20.7 Å². The molecule has 2 aliphatic rings. The molecular weight excluding hydrogens is 497 g/mol. The lowest BCUT2D eigenvalue weighted by atomic mass is 9.97. The highest BCUT2D eigenvalue weighted by Crippen LogP contribution is 2.43. The van der Waals surface area contributed by atoms with E-state index >= 15 is 0 Å². The number of hydrogen-bond acceptors (Lipinski definition) is 8. The highest BCUT2D eigenvalue weighted by Gasteiger charge is 2.23. The molecule has 1 aromatic heterocycles. The molecule has 3 aromatic rings. The molecule has 0 atom stereocenters. The van der Waals surface area contributed by atoms with Gasteiger partial charge in [0, 0.05) is 56.0 Å². The first-order valence-electron chi connectivity index (χ1n) is 12.3. The quantitative estimate of drug-likeness (QED) is 0.290. The lowest BCUT2D eigenvalue weighted by Crippen LogP contribution is -2.36. The Morgan fingerprint density at radius 1 is 0.771 bits per heavy atom. The van der Waals surface area contributed by atoms with Crippen LogP contribution in [0.5, 0.6) is 5.75 Å². The second-order valence-corrected chi connectivity index (χ2v) is 12.5. The third-order valence-electron chi connectivity index (χ3n) is 7.13. The van der Waals surface area contributed by atoms with Crippen molar-refractivity contribution in [2.24, 2.45) is 0 Å². The van der Waals surface area contributed by atoms with Crippen LogP contribution in [0.3, 0.4) is 0 Å². The number of phenolic OH excluding ortho intramolecular Hbond substituents is 1. The van der Waals surface area contributed by atoms with Crippen molar-refractivity contribution in [3.05, 3.63) is 57.4 Å². The van der Waals surface area contributed by atoms with Crippen LogP contribution in [0.1, 0.15) is 36.8 Å². The number of nitrogens with zero attached hydrogens (tertiary/aromatic N) is 2. The Bertz CT molecular complexity index is 1150. The number of hydrogen-bond donors (Lipinski definition) is 3. The van der Waals surface area contributed by atoms with Crippen molar-refractivity contribution in [3.63, 3.8) is 0 Å². The van der Waals surface area contributed by atoms with Gasteiger partial charge in [0.1, 0.15) is 9.57 Å². The van der Waals surface area contributed by atoms with Crippen LogP contribution in [-0.2, 0) is 13.1 Å². The summed E-state index contributed by atoms with van der Waals surface area (Å²) in [5.74, 6) is 0.367. The third-order valence-corrected chi connectivity index (χ3v) is 10.2. The Morgan fingerprint density at radius 2 is 1.29 bits per heavy atom. The topological polar surface area (TPSA) is 67.2 Å². The van der Waals surface area contributed by atoms with Gasteiger partial charge in [0.25, 0.3) is 0 Å². The monoisotopic (exact) mass is 528 g/mol. The highest BCUT2D eigenvalue weighted by atomic mass is 32.9. The molecule has 0 amide bonds. The maximum absolute atomic E-state index is 11.4. The molecule has 8 heteroatoms. The summed E-state index contributed by atoms with van der Waals surface area (Å²) in [5, 5.41) is 31.2. The number of aliphatic hydroxyl groups excluding tert-OH is 2. The molecule has 3 N–H and O–H groups in total. The molecule has 35 heavy (non-hydrogen) atoms.